The van der Waals surface area contributed by atoms with Crippen molar-refractivity contribution in [3.05, 3.63) is 47.2 Å². The van der Waals surface area contributed by atoms with Crippen molar-refractivity contribution >= 4 is 5.76 Å². The van der Waals surface area contributed by atoms with Crippen LogP contribution >= 0.6 is 0 Å². The summed E-state index contributed by atoms with van der Waals surface area (Å²) in [7, 11) is 1.47. The first-order chi connectivity index (χ1) is 10.5. The van der Waals surface area contributed by atoms with Crippen LogP contribution in [0.2, 0.25) is 0 Å². The largest absolute Gasteiger partial charge is 0.508 e. The van der Waals surface area contributed by atoms with Gasteiger partial charge in [0.2, 0.25) is 0 Å². The minimum atomic E-state index is -0.284. The summed E-state index contributed by atoms with van der Waals surface area (Å²) in [5.41, 5.74) is 1.00. The van der Waals surface area contributed by atoms with Crippen molar-refractivity contribution < 1.29 is 29.9 Å². The van der Waals surface area contributed by atoms with E-state index in [1.54, 1.807) is 6.07 Å². The number of aromatic hydroxyl groups is 4. The van der Waals surface area contributed by atoms with Crippen molar-refractivity contribution in [1.82, 2.24) is 0 Å². The lowest BCUT2D eigenvalue weighted by Gasteiger charge is -2.23. The highest BCUT2D eigenvalue weighted by molar-refractivity contribution is 5.71. The molecule has 1 heterocycles. The minimum absolute atomic E-state index is 0.0860. The second-order valence-corrected chi connectivity index (χ2v) is 4.88. The molecule has 0 aromatic heterocycles. The molecule has 4 N–H and O–H groups in total. The van der Waals surface area contributed by atoms with Crippen molar-refractivity contribution in [2.24, 2.45) is 0 Å². The van der Waals surface area contributed by atoms with E-state index in [-0.39, 0.29) is 29.4 Å². The maximum absolute atomic E-state index is 9.90. The number of methoxy groups -OCH3 is 1. The maximum atomic E-state index is 9.90. The van der Waals surface area contributed by atoms with Crippen LogP contribution in [-0.4, -0.2) is 27.5 Å². The quantitative estimate of drug-likeness (QED) is 0.636. The number of hydrogen-bond donors (Lipinski definition) is 4. The molecule has 6 nitrogen and oxygen atoms in total. The van der Waals surface area contributed by atoms with Crippen molar-refractivity contribution in [2.75, 3.05) is 7.11 Å². The van der Waals surface area contributed by atoms with Gasteiger partial charge >= 0.3 is 0 Å². The summed E-state index contributed by atoms with van der Waals surface area (Å²) in [6.45, 7) is 0. The number of ether oxygens (including phenoxy) is 2. The molecule has 1 aliphatic rings. The average molecular weight is 302 g/mol. The summed E-state index contributed by atoms with van der Waals surface area (Å²) < 4.78 is 11.0. The van der Waals surface area contributed by atoms with E-state index in [0.29, 0.717) is 28.4 Å². The highest BCUT2D eigenvalue weighted by atomic mass is 16.5. The number of fused-ring (bicyclic) bond motifs is 1. The van der Waals surface area contributed by atoms with Gasteiger partial charge in [-0.3, -0.25) is 0 Å². The fourth-order valence-corrected chi connectivity index (χ4v) is 2.34. The van der Waals surface area contributed by atoms with E-state index in [9.17, 15) is 20.4 Å². The Kier molecular flexibility index (Phi) is 3.21. The molecule has 114 valence electrons. The standard InChI is InChI=1S/C16H14O6/c1-21-15-7-10-12(19)5-9(17)6-14(10)22-16(15)8-2-3-11(18)13(20)4-8/h2-6,17-20H,7H2,1H3. The first kappa shape index (κ1) is 13.9. The van der Waals surface area contributed by atoms with Gasteiger partial charge in [-0.15, -0.1) is 0 Å². The molecule has 0 spiro atoms. The number of rotatable bonds is 2. The molecule has 2 aromatic carbocycles. The highest BCUT2D eigenvalue weighted by Crippen LogP contribution is 2.42. The zero-order valence-corrected chi connectivity index (χ0v) is 11.7. The molecule has 0 fully saturated rings. The first-order valence-corrected chi connectivity index (χ1v) is 6.51. The summed E-state index contributed by atoms with van der Waals surface area (Å²) in [5.74, 6) is 0.375. The third kappa shape index (κ3) is 2.24. The van der Waals surface area contributed by atoms with E-state index in [2.05, 4.69) is 0 Å². The monoisotopic (exact) mass is 302 g/mol. The lowest BCUT2D eigenvalue weighted by atomic mass is 10.0. The average Bonchev–Trinajstić information content (AvgIpc) is 2.48. The predicted molar refractivity (Wildman–Crippen MR) is 77.8 cm³/mol. The van der Waals surface area contributed by atoms with Gasteiger partial charge in [-0.25, -0.2) is 0 Å². The Morgan fingerprint density at radius 3 is 2.41 bits per heavy atom. The SMILES string of the molecule is COC1=C(c2ccc(O)c(O)c2)Oc2cc(O)cc(O)c2C1. The Morgan fingerprint density at radius 2 is 1.73 bits per heavy atom. The van der Waals surface area contributed by atoms with Crippen LogP contribution in [0.25, 0.3) is 5.76 Å². The molecule has 0 radical (unpaired) electrons. The molecule has 0 saturated heterocycles. The van der Waals surface area contributed by atoms with Gasteiger partial charge in [-0.05, 0) is 18.2 Å². The molecule has 0 unspecified atom stereocenters. The summed E-state index contributed by atoms with van der Waals surface area (Å²) in [4.78, 5) is 0. The summed E-state index contributed by atoms with van der Waals surface area (Å²) >= 11 is 0. The van der Waals surface area contributed by atoms with Crippen LogP contribution in [0.1, 0.15) is 11.1 Å². The molecule has 2 aromatic rings. The Morgan fingerprint density at radius 1 is 0.955 bits per heavy atom. The van der Waals surface area contributed by atoms with Crippen LogP contribution in [0.4, 0.5) is 0 Å². The van der Waals surface area contributed by atoms with Gasteiger partial charge < -0.3 is 29.9 Å². The van der Waals surface area contributed by atoms with Crippen LogP contribution in [0, 0.1) is 0 Å². The zero-order chi connectivity index (χ0) is 15.9. The third-order valence-corrected chi connectivity index (χ3v) is 3.46. The van der Waals surface area contributed by atoms with Crippen molar-refractivity contribution in [3.8, 4) is 28.7 Å². The lowest BCUT2D eigenvalue weighted by molar-refractivity contribution is 0.264. The number of benzene rings is 2. The lowest BCUT2D eigenvalue weighted by Crippen LogP contribution is -2.11. The third-order valence-electron chi connectivity index (χ3n) is 3.46. The fourth-order valence-electron chi connectivity index (χ4n) is 2.34. The van der Waals surface area contributed by atoms with E-state index >= 15 is 0 Å². The maximum Gasteiger partial charge on any atom is 0.172 e. The van der Waals surface area contributed by atoms with E-state index in [0.717, 1.165) is 0 Å². The fraction of sp³-hybridized carbons (Fsp3) is 0.125. The Labute approximate surface area is 126 Å². The number of allylic oxidation sites excluding steroid dienone is 1. The van der Waals surface area contributed by atoms with Gasteiger partial charge in [0.1, 0.15) is 23.0 Å². The van der Waals surface area contributed by atoms with Gasteiger partial charge in [0.25, 0.3) is 0 Å². The van der Waals surface area contributed by atoms with Crippen molar-refractivity contribution in [1.29, 1.82) is 0 Å². The Balaban J connectivity index is 2.10. The number of phenols is 4. The molecule has 0 saturated carbocycles. The van der Waals surface area contributed by atoms with Crippen LogP contribution in [0.3, 0.4) is 0 Å². The van der Waals surface area contributed by atoms with Gasteiger partial charge in [-0.1, -0.05) is 0 Å². The molecule has 6 heteroatoms. The van der Waals surface area contributed by atoms with Gasteiger partial charge in [0.05, 0.1) is 7.11 Å². The van der Waals surface area contributed by atoms with E-state index < -0.39 is 0 Å². The molecule has 0 amide bonds. The second-order valence-electron chi connectivity index (χ2n) is 4.88. The van der Waals surface area contributed by atoms with Crippen LogP contribution in [0.5, 0.6) is 28.7 Å². The predicted octanol–water partition coefficient (Wildman–Crippen LogP) is 2.46. The van der Waals surface area contributed by atoms with Crippen LogP contribution in [-0.2, 0) is 11.2 Å². The smallest absolute Gasteiger partial charge is 0.172 e. The topological polar surface area (TPSA) is 99.4 Å². The van der Waals surface area contributed by atoms with Crippen LogP contribution in [0.15, 0.2) is 36.1 Å². The van der Waals surface area contributed by atoms with Gasteiger partial charge in [0.15, 0.2) is 17.3 Å². The molecule has 1 aliphatic heterocycles. The Hall–Kier alpha value is -3.02. The van der Waals surface area contributed by atoms with E-state index in [1.807, 2.05) is 0 Å². The summed E-state index contributed by atoms with van der Waals surface area (Å²) in [6.07, 6.45) is 0.273. The normalized spacial score (nSPS) is 13.5. The molecular formula is C16H14O6. The molecule has 0 atom stereocenters. The molecule has 3 rings (SSSR count). The summed E-state index contributed by atoms with van der Waals surface area (Å²) in [6, 6.07) is 6.87. The van der Waals surface area contributed by atoms with E-state index in [4.69, 9.17) is 9.47 Å². The minimum Gasteiger partial charge on any atom is -0.508 e. The molecule has 0 bridgehead atoms. The Bertz CT molecular complexity index is 778. The van der Waals surface area contributed by atoms with Crippen molar-refractivity contribution in [3.63, 3.8) is 0 Å². The number of phenolic OH excluding ortho intramolecular Hbond substituents is 4. The van der Waals surface area contributed by atoms with Gasteiger partial charge in [0, 0.05) is 29.7 Å². The number of hydrogen-bond acceptors (Lipinski definition) is 6. The first-order valence-electron chi connectivity index (χ1n) is 6.51. The molecule has 0 aliphatic carbocycles. The van der Waals surface area contributed by atoms with Gasteiger partial charge in [-0.2, -0.15) is 0 Å². The van der Waals surface area contributed by atoms with Crippen molar-refractivity contribution in [2.45, 2.75) is 6.42 Å². The second kappa shape index (κ2) is 5.07. The summed E-state index contributed by atoms with van der Waals surface area (Å²) in [5, 5.41) is 38.5. The molecule has 22 heavy (non-hydrogen) atoms. The highest BCUT2D eigenvalue weighted by Gasteiger charge is 2.25. The van der Waals surface area contributed by atoms with Crippen LogP contribution < -0.4 is 4.74 Å². The zero-order valence-electron chi connectivity index (χ0n) is 11.7. The van der Waals surface area contributed by atoms with E-state index in [1.165, 1.54) is 31.4 Å². The molecular weight excluding hydrogens is 288 g/mol.